The number of alkyl halides is 2. The Morgan fingerprint density at radius 2 is 2.27 bits per heavy atom. The molecule has 1 aliphatic heterocycles. The second-order valence-corrected chi connectivity index (χ2v) is 6.04. The SMILES string of the molecule is C[C@@H]([C@H]1CCOC1)n1ncc2ncc(Nc3cc(OC(F)F)[nH]n3)nc21. The summed E-state index contributed by atoms with van der Waals surface area (Å²) in [6.45, 7) is 0.618. The molecule has 0 unspecified atom stereocenters. The van der Waals surface area contributed by atoms with Gasteiger partial charge in [0, 0.05) is 18.6 Å². The first-order valence-corrected chi connectivity index (χ1v) is 8.15. The molecular weight excluding hydrogens is 348 g/mol. The molecule has 0 bridgehead atoms. The maximum atomic E-state index is 12.2. The number of H-pyrrole nitrogens is 1. The maximum Gasteiger partial charge on any atom is 0.388 e. The lowest BCUT2D eigenvalue weighted by atomic mass is 10.0. The van der Waals surface area contributed by atoms with E-state index >= 15 is 0 Å². The van der Waals surface area contributed by atoms with Crippen LogP contribution in [0.5, 0.6) is 5.88 Å². The van der Waals surface area contributed by atoms with Crippen LogP contribution >= 0.6 is 0 Å². The van der Waals surface area contributed by atoms with E-state index in [-0.39, 0.29) is 17.7 Å². The number of hydrogen-bond acceptors (Lipinski definition) is 7. The molecular formula is C15H17F2N7O2. The molecule has 1 saturated heterocycles. The van der Waals surface area contributed by atoms with E-state index in [2.05, 4.69) is 42.2 Å². The van der Waals surface area contributed by atoms with Gasteiger partial charge in [-0.2, -0.15) is 19.0 Å². The zero-order valence-electron chi connectivity index (χ0n) is 13.9. The van der Waals surface area contributed by atoms with Gasteiger partial charge >= 0.3 is 6.61 Å². The summed E-state index contributed by atoms with van der Waals surface area (Å²) in [5.74, 6) is 0.940. The van der Waals surface area contributed by atoms with Crippen molar-refractivity contribution in [2.75, 3.05) is 18.5 Å². The largest absolute Gasteiger partial charge is 0.417 e. The summed E-state index contributed by atoms with van der Waals surface area (Å²) in [5.41, 5.74) is 1.30. The molecule has 1 fully saturated rings. The van der Waals surface area contributed by atoms with Crippen molar-refractivity contribution >= 4 is 22.8 Å². The van der Waals surface area contributed by atoms with Crippen molar-refractivity contribution in [3.63, 3.8) is 0 Å². The number of ether oxygens (including phenoxy) is 2. The highest BCUT2D eigenvalue weighted by molar-refractivity contribution is 5.72. The molecule has 3 aromatic rings. The minimum atomic E-state index is -2.92. The van der Waals surface area contributed by atoms with Crippen molar-refractivity contribution in [1.82, 2.24) is 29.9 Å². The summed E-state index contributed by atoms with van der Waals surface area (Å²) in [5, 5.41) is 13.5. The van der Waals surface area contributed by atoms with Crippen molar-refractivity contribution in [3.05, 3.63) is 18.5 Å². The Kier molecular flexibility index (Phi) is 4.37. The van der Waals surface area contributed by atoms with E-state index in [1.54, 1.807) is 6.20 Å². The highest BCUT2D eigenvalue weighted by atomic mass is 19.3. The quantitative estimate of drug-likeness (QED) is 0.692. The molecule has 3 aromatic heterocycles. The van der Waals surface area contributed by atoms with Crippen LogP contribution in [0.25, 0.3) is 11.2 Å². The molecule has 2 atom stereocenters. The van der Waals surface area contributed by atoms with Gasteiger partial charge in [0.15, 0.2) is 17.3 Å². The molecule has 1 aliphatic rings. The predicted molar refractivity (Wildman–Crippen MR) is 87.5 cm³/mol. The summed E-state index contributed by atoms with van der Waals surface area (Å²) in [6, 6.07) is 1.43. The Labute approximate surface area is 146 Å². The number of rotatable bonds is 6. The number of aromatic amines is 1. The van der Waals surface area contributed by atoms with Gasteiger partial charge in [0.2, 0.25) is 5.88 Å². The van der Waals surface area contributed by atoms with Crippen LogP contribution in [-0.4, -0.2) is 49.8 Å². The van der Waals surface area contributed by atoms with Crippen LogP contribution in [0.15, 0.2) is 18.5 Å². The molecule has 4 rings (SSSR count). The van der Waals surface area contributed by atoms with Crippen LogP contribution in [0.3, 0.4) is 0 Å². The minimum Gasteiger partial charge on any atom is -0.417 e. The number of hydrogen-bond donors (Lipinski definition) is 2. The van der Waals surface area contributed by atoms with Crippen LogP contribution in [0.1, 0.15) is 19.4 Å². The first-order valence-electron chi connectivity index (χ1n) is 8.15. The lowest BCUT2D eigenvalue weighted by Gasteiger charge is -2.18. The average molecular weight is 365 g/mol. The molecule has 2 N–H and O–H groups in total. The van der Waals surface area contributed by atoms with Crippen molar-refractivity contribution in [3.8, 4) is 5.88 Å². The number of nitrogens with zero attached hydrogens (tertiary/aromatic N) is 5. The Morgan fingerprint density at radius 1 is 1.38 bits per heavy atom. The van der Waals surface area contributed by atoms with Crippen molar-refractivity contribution in [2.45, 2.75) is 26.0 Å². The third-order valence-electron chi connectivity index (χ3n) is 4.36. The Hall–Kier alpha value is -2.82. The van der Waals surface area contributed by atoms with Crippen LogP contribution in [-0.2, 0) is 4.74 Å². The third kappa shape index (κ3) is 3.29. The monoisotopic (exact) mass is 365 g/mol. The molecule has 138 valence electrons. The molecule has 0 aromatic carbocycles. The van der Waals surface area contributed by atoms with E-state index in [9.17, 15) is 8.78 Å². The number of nitrogens with one attached hydrogen (secondary N) is 2. The van der Waals surface area contributed by atoms with Crippen LogP contribution < -0.4 is 10.1 Å². The normalized spacial score (nSPS) is 18.5. The van der Waals surface area contributed by atoms with Crippen LogP contribution in [0, 0.1) is 5.92 Å². The summed E-state index contributed by atoms with van der Waals surface area (Å²) in [6.07, 6.45) is 4.18. The summed E-state index contributed by atoms with van der Waals surface area (Å²) in [7, 11) is 0. The molecule has 11 heteroatoms. The van der Waals surface area contributed by atoms with Gasteiger partial charge in [0.1, 0.15) is 5.52 Å². The van der Waals surface area contributed by atoms with Gasteiger partial charge in [0.25, 0.3) is 0 Å². The molecule has 0 radical (unpaired) electrons. The first-order chi connectivity index (χ1) is 12.6. The zero-order chi connectivity index (χ0) is 18.1. The molecule has 0 saturated carbocycles. The fourth-order valence-corrected chi connectivity index (χ4v) is 2.97. The van der Waals surface area contributed by atoms with Gasteiger partial charge in [-0.1, -0.05) is 0 Å². The lowest BCUT2D eigenvalue weighted by molar-refractivity contribution is -0.0528. The summed E-state index contributed by atoms with van der Waals surface area (Å²) < 4.78 is 36.0. The second-order valence-electron chi connectivity index (χ2n) is 6.04. The first kappa shape index (κ1) is 16.6. The summed E-state index contributed by atoms with van der Waals surface area (Å²) in [4.78, 5) is 8.87. The Balaban J connectivity index is 1.56. The number of halogens is 2. The van der Waals surface area contributed by atoms with Gasteiger partial charge in [-0.3, -0.25) is 0 Å². The molecule has 0 spiro atoms. The van der Waals surface area contributed by atoms with E-state index in [1.807, 2.05) is 4.68 Å². The standard InChI is InChI=1S/C15H17F2N7O2/c1-8(9-2-3-25-7-9)24-14-10(5-19-24)18-6-12(21-14)20-11-4-13(23-22-11)26-15(16)17/h4-6,8-9,15H,2-3,7H2,1H3,(H2,20,21,22,23)/t8-,9-/m0/s1. The molecule has 4 heterocycles. The fourth-order valence-electron chi connectivity index (χ4n) is 2.97. The third-order valence-corrected chi connectivity index (χ3v) is 4.36. The Morgan fingerprint density at radius 3 is 3.04 bits per heavy atom. The van der Waals surface area contributed by atoms with Crippen molar-refractivity contribution in [1.29, 1.82) is 0 Å². The van der Waals surface area contributed by atoms with Crippen LogP contribution in [0.4, 0.5) is 20.4 Å². The summed E-state index contributed by atoms with van der Waals surface area (Å²) >= 11 is 0. The molecule has 9 nitrogen and oxygen atoms in total. The van der Waals surface area contributed by atoms with Crippen molar-refractivity contribution < 1.29 is 18.3 Å². The second kappa shape index (κ2) is 6.83. The van der Waals surface area contributed by atoms with Gasteiger partial charge in [-0.05, 0) is 13.3 Å². The van der Waals surface area contributed by atoms with Gasteiger partial charge in [-0.25, -0.2) is 19.7 Å². The van der Waals surface area contributed by atoms with Gasteiger partial charge in [0.05, 0.1) is 25.0 Å². The number of fused-ring (bicyclic) bond motifs is 1. The Bertz CT molecular complexity index is 891. The maximum absolute atomic E-state index is 12.2. The topological polar surface area (TPSA) is 103 Å². The highest BCUT2D eigenvalue weighted by Crippen LogP contribution is 2.28. The average Bonchev–Trinajstić information content (AvgIpc) is 3.34. The van der Waals surface area contributed by atoms with E-state index in [0.29, 0.717) is 29.5 Å². The van der Waals surface area contributed by atoms with E-state index < -0.39 is 6.61 Å². The minimum absolute atomic E-state index is 0.121. The van der Waals surface area contributed by atoms with E-state index in [1.165, 1.54) is 12.3 Å². The van der Waals surface area contributed by atoms with Gasteiger partial charge < -0.3 is 14.8 Å². The van der Waals surface area contributed by atoms with E-state index in [4.69, 9.17) is 4.74 Å². The lowest BCUT2D eigenvalue weighted by Crippen LogP contribution is -2.18. The van der Waals surface area contributed by atoms with Gasteiger partial charge in [-0.15, -0.1) is 0 Å². The fraction of sp³-hybridized carbons (Fsp3) is 0.467. The smallest absolute Gasteiger partial charge is 0.388 e. The molecule has 0 amide bonds. The number of anilines is 2. The molecule has 26 heavy (non-hydrogen) atoms. The zero-order valence-corrected chi connectivity index (χ0v) is 13.9. The van der Waals surface area contributed by atoms with Crippen LogP contribution in [0.2, 0.25) is 0 Å². The van der Waals surface area contributed by atoms with E-state index in [0.717, 1.165) is 13.0 Å². The highest BCUT2D eigenvalue weighted by Gasteiger charge is 2.26. The number of aromatic nitrogens is 6. The van der Waals surface area contributed by atoms with Crippen molar-refractivity contribution in [2.24, 2.45) is 5.92 Å². The predicted octanol–water partition coefficient (Wildman–Crippen LogP) is 2.49. The molecule has 0 aliphatic carbocycles.